The van der Waals surface area contributed by atoms with Crippen molar-refractivity contribution in [2.45, 2.75) is 39.5 Å². The van der Waals surface area contributed by atoms with Crippen LogP contribution in [0.2, 0.25) is 0 Å². The van der Waals surface area contributed by atoms with Gasteiger partial charge in [0.25, 0.3) is 0 Å². The second kappa shape index (κ2) is 16.9. The van der Waals surface area contributed by atoms with Crippen LogP contribution in [-0.2, 0) is 16.6 Å². The zero-order chi connectivity index (χ0) is 22.0. The van der Waals surface area contributed by atoms with Crippen molar-refractivity contribution in [1.29, 1.82) is 0 Å². The summed E-state index contributed by atoms with van der Waals surface area (Å²) in [6.07, 6.45) is 11.6. The molecule has 1 atom stereocenters. The summed E-state index contributed by atoms with van der Waals surface area (Å²) < 4.78 is 0. The molecule has 0 fully saturated rings. The van der Waals surface area contributed by atoms with Crippen LogP contribution in [0.3, 0.4) is 0 Å². The summed E-state index contributed by atoms with van der Waals surface area (Å²) in [5.74, 6) is 28.4. The van der Waals surface area contributed by atoms with E-state index in [2.05, 4.69) is 116 Å². The van der Waals surface area contributed by atoms with Crippen LogP contribution in [0.15, 0.2) is 24.3 Å². The standard InChI is InChI=1S/C14H20O.C14H2.H2O.9H2/c1-11(10-15)9-12-5-7-13(8-6-12)14(2,3)4;1-3-5-7-9-11-13-14-12-10-8-6-4-2;;;;;;;;;;/h5-8,10-11H,9H2,1-4H3;1-2H;1H2;9*1H. The first-order chi connectivity index (χ1) is 13.8. The van der Waals surface area contributed by atoms with Crippen molar-refractivity contribution >= 4 is 6.29 Å². The van der Waals surface area contributed by atoms with Gasteiger partial charge in [-0.25, -0.2) is 0 Å². The van der Waals surface area contributed by atoms with Gasteiger partial charge in [0.15, 0.2) is 0 Å². The molecule has 0 bridgehead atoms. The molecule has 2 nitrogen and oxygen atoms in total. The lowest BCUT2D eigenvalue weighted by molar-refractivity contribution is -0.110. The van der Waals surface area contributed by atoms with Gasteiger partial charge in [0.2, 0.25) is 0 Å². The Morgan fingerprint density at radius 3 is 1.50 bits per heavy atom. The maximum absolute atomic E-state index is 10.5. The summed E-state index contributed by atoms with van der Waals surface area (Å²) in [5.41, 5.74) is 2.78. The van der Waals surface area contributed by atoms with Gasteiger partial charge in [-0.1, -0.05) is 52.0 Å². The van der Waals surface area contributed by atoms with Crippen molar-refractivity contribution in [2.75, 3.05) is 0 Å². The van der Waals surface area contributed by atoms with Crippen molar-refractivity contribution in [2.24, 2.45) is 5.92 Å². The minimum absolute atomic E-state index is 0. The van der Waals surface area contributed by atoms with Crippen LogP contribution in [0.4, 0.5) is 0 Å². The molecule has 0 saturated carbocycles. The molecule has 0 amide bonds. The highest BCUT2D eigenvalue weighted by Gasteiger charge is 2.13. The highest BCUT2D eigenvalue weighted by molar-refractivity contribution is 5.53. The zero-order valence-corrected chi connectivity index (χ0v) is 17.7. The fourth-order valence-electron chi connectivity index (χ4n) is 1.88. The van der Waals surface area contributed by atoms with Crippen molar-refractivity contribution in [3.63, 3.8) is 0 Å². The third-order valence-electron chi connectivity index (χ3n) is 3.32. The number of carbonyl (C=O) groups is 1. The number of rotatable bonds is 3. The number of terminal acetylenes is 2. The molecule has 0 radical (unpaired) electrons. The molecule has 1 aromatic carbocycles. The summed E-state index contributed by atoms with van der Waals surface area (Å²) in [5, 5.41) is 0. The quantitative estimate of drug-likeness (QED) is 0.510. The zero-order valence-electron chi connectivity index (χ0n) is 17.7. The topological polar surface area (TPSA) is 48.6 Å². The minimum atomic E-state index is 0. The molecule has 1 unspecified atom stereocenters. The Hall–Kier alpha value is -4.23. The van der Waals surface area contributed by atoms with E-state index in [1.54, 1.807) is 0 Å². The largest absolute Gasteiger partial charge is 0.412 e. The molecule has 1 aromatic rings. The lowest BCUT2D eigenvalue weighted by Gasteiger charge is -2.19. The van der Waals surface area contributed by atoms with Crippen LogP contribution in [0.1, 0.15) is 51.7 Å². The Kier molecular flexibility index (Phi) is 15.8. The summed E-state index contributed by atoms with van der Waals surface area (Å²) in [7, 11) is 0. The third kappa shape index (κ3) is 14.9. The van der Waals surface area contributed by atoms with Crippen molar-refractivity contribution in [3.05, 3.63) is 35.4 Å². The Bertz CT molecular complexity index is 1050. The maximum atomic E-state index is 10.5. The van der Waals surface area contributed by atoms with Gasteiger partial charge >= 0.3 is 0 Å². The summed E-state index contributed by atoms with van der Waals surface area (Å²) in [6, 6.07) is 8.57. The van der Waals surface area contributed by atoms with E-state index in [1.165, 1.54) is 11.1 Å². The van der Waals surface area contributed by atoms with Gasteiger partial charge in [-0.2, -0.15) is 0 Å². The first-order valence-corrected chi connectivity index (χ1v) is 8.81. The molecule has 0 aromatic heterocycles. The van der Waals surface area contributed by atoms with E-state index < -0.39 is 0 Å². The first-order valence-electron chi connectivity index (χ1n) is 8.81. The van der Waals surface area contributed by atoms with E-state index in [0.29, 0.717) is 0 Å². The third-order valence-corrected chi connectivity index (χ3v) is 3.32. The molecule has 2 heteroatoms. The number of benzene rings is 1. The van der Waals surface area contributed by atoms with E-state index >= 15 is 0 Å². The van der Waals surface area contributed by atoms with E-state index in [4.69, 9.17) is 12.8 Å². The Morgan fingerprint density at radius 2 is 1.20 bits per heavy atom. The minimum Gasteiger partial charge on any atom is -0.412 e. The fraction of sp³-hybridized carbons (Fsp3) is 0.250. The molecule has 1 rings (SSSR count). The van der Waals surface area contributed by atoms with E-state index in [1.807, 2.05) is 6.92 Å². The van der Waals surface area contributed by atoms with Crippen molar-refractivity contribution < 1.29 is 23.1 Å². The van der Waals surface area contributed by atoms with Gasteiger partial charge in [0.05, 0.1) is 0 Å². The molecular weight excluding hydrogens is 368 g/mol. The van der Waals surface area contributed by atoms with E-state index in [0.717, 1.165) is 12.7 Å². The Balaban J connectivity index is -0.0000000356. The lowest BCUT2D eigenvalue weighted by Crippen LogP contribution is -2.11. The van der Waals surface area contributed by atoms with Gasteiger partial charge < -0.3 is 10.3 Å². The van der Waals surface area contributed by atoms with Gasteiger partial charge in [0, 0.05) is 18.8 Å². The van der Waals surface area contributed by atoms with Crippen LogP contribution in [0.5, 0.6) is 0 Å². The second-order valence-electron chi connectivity index (χ2n) is 6.80. The Labute approximate surface area is 194 Å². The molecule has 30 heavy (non-hydrogen) atoms. The molecule has 0 heterocycles. The summed E-state index contributed by atoms with van der Waals surface area (Å²) in [6.45, 7) is 8.56. The average Bonchev–Trinajstić information content (AvgIpc) is 2.69. The smallest absolute Gasteiger partial charge is 0.123 e. The number of hydrogen-bond acceptors (Lipinski definition) is 1. The van der Waals surface area contributed by atoms with E-state index in [-0.39, 0.29) is 29.6 Å². The van der Waals surface area contributed by atoms with Crippen LogP contribution in [0, 0.1) is 89.8 Å². The van der Waals surface area contributed by atoms with Gasteiger partial charge in [-0.15, -0.1) is 12.8 Å². The number of hydrogen-bond donors (Lipinski definition) is 0. The van der Waals surface area contributed by atoms with Gasteiger partial charge in [0.1, 0.15) is 6.29 Å². The second-order valence-corrected chi connectivity index (χ2v) is 6.80. The summed E-state index contributed by atoms with van der Waals surface area (Å²) >= 11 is 0. The molecule has 166 valence electrons. The monoisotopic (exact) mass is 410 g/mol. The molecular formula is C28H42O2. The molecule has 0 spiro atoms. The number of aldehydes is 1. The SMILES string of the molecule is C#CC#CC#CC#CC#CC#CC#C.CC(C=O)Cc1ccc(C(C)(C)C)cc1.O.[HH].[HH].[HH].[HH].[HH].[HH].[HH].[HH].[HH]. The average molecular weight is 411 g/mol. The normalized spacial score (nSPS) is 8.47. The van der Waals surface area contributed by atoms with Gasteiger partial charge in [-0.05, 0) is 94.0 Å². The highest BCUT2D eigenvalue weighted by atomic mass is 16.1. The Morgan fingerprint density at radius 1 is 0.833 bits per heavy atom. The van der Waals surface area contributed by atoms with Crippen LogP contribution in [-0.4, -0.2) is 11.8 Å². The van der Waals surface area contributed by atoms with Crippen LogP contribution >= 0.6 is 0 Å². The van der Waals surface area contributed by atoms with E-state index in [9.17, 15) is 4.79 Å². The molecule has 2 N–H and O–H groups in total. The molecule has 0 saturated heterocycles. The van der Waals surface area contributed by atoms with Crippen molar-refractivity contribution in [3.8, 4) is 83.9 Å². The fourth-order valence-corrected chi connectivity index (χ4v) is 1.88. The summed E-state index contributed by atoms with van der Waals surface area (Å²) in [4.78, 5) is 10.5. The lowest BCUT2D eigenvalue weighted by atomic mass is 9.86. The molecule has 0 aliphatic heterocycles. The maximum Gasteiger partial charge on any atom is 0.123 e. The van der Waals surface area contributed by atoms with Gasteiger partial charge in [-0.3, -0.25) is 0 Å². The van der Waals surface area contributed by atoms with Crippen LogP contribution < -0.4 is 0 Å². The predicted molar refractivity (Wildman–Crippen MR) is 143 cm³/mol. The van der Waals surface area contributed by atoms with Crippen LogP contribution in [0.25, 0.3) is 0 Å². The highest BCUT2D eigenvalue weighted by Crippen LogP contribution is 2.22. The van der Waals surface area contributed by atoms with Crippen molar-refractivity contribution in [1.82, 2.24) is 0 Å². The molecule has 0 aliphatic carbocycles. The number of carbonyl (C=O) groups excluding carboxylic acids is 1. The predicted octanol–water partition coefficient (Wildman–Crippen LogP) is 5.02. The molecule has 0 aliphatic rings. The first kappa shape index (κ1) is 28.0.